The molecule has 3 aromatic rings. The first-order chi connectivity index (χ1) is 13.8. The van der Waals surface area contributed by atoms with Crippen LogP contribution in [0.5, 0.6) is 0 Å². The number of aromatic nitrogens is 2. The molecular weight excluding hydrogens is 352 g/mol. The van der Waals surface area contributed by atoms with E-state index in [9.17, 15) is 4.79 Å². The fraction of sp³-hybridized carbons (Fsp3) is 0.318. The molecular formula is C22H24N4O2. The van der Waals surface area contributed by atoms with Gasteiger partial charge in [-0.1, -0.05) is 35.5 Å². The predicted octanol–water partition coefficient (Wildman–Crippen LogP) is 3.70. The van der Waals surface area contributed by atoms with Crippen molar-refractivity contribution in [3.8, 4) is 11.4 Å². The Bertz CT molecular complexity index is 900. The van der Waals surface area contributed by atoms with E-state index in [0.717, 1.165) is 25.1 Å². The molecule has 1 amide bonds. The second-order valence-electron chi connectivity index (χ2n) is 7.01. The minimum Gasteiger partial charge on any atom is -0.372 e. The molecule has 1 aliphatic heterocycles. The quantitative estimate of drug-likeness (QED) is 0.710. The summed E-state index contributed by atoms with van der Waals surface area (Å²) in [6, 6.07) is 18.1. The van der Waals surface area contributed by atoms with Gasteiger partial charge in [0.05, 0.1) is 0 Å². The molecule has 0 spiro atoms. The van der Waals surface area contributed by atoms with Crippen LogP contribution in [-0.2, 0) is 6.42 Å². The molecule has 2 aromatic carbocycles. The molecule has 1 saturated heterocycles. The molecule has 1 aromatic heterocycles. The highest BCUT2D eigenvalue weighted by atomic mass is 16.5. The van der Waals surface area contributed by atoms with Crippen LogP contribution in [0.4, 0.5) is 5.69 Å². The van der Waals surface area contributed by atoms with E-state index >= 15 is 0 Å². The lowest BCUT2D eigenvalue weighted by molar-refractivity contribution is 0.0910. The predicted molar refractivity (Wildman–Crippen MR) is 108 cm³/mol. The van der Waals surface area contributed by atoms with Gasteiger partial charge in [0.1, 0.15) is 0 Å². The van der Waals surface area contributed by atoms with Gasteiger partial charge in [-0.25, -0.2) is 0 Å². The molecule has 0 atom stereocenters. The number of nitrogens with one attached hydrogen (secondary N) is 1. The minimum absolute atomic E-state index is 0.0110. The fourth-order valence-electron chi connectivity index (χ4n) is 3.45. The fourth-order valence-corrected chi connectivity index (χ4v) is 3.45. The third kappa shape index (κ3) is 4.39. The van der Waals surface area contributed by atoms with E-state index in [1.807, 2.05) is 42.5 Å². The summed E-state index contributed by atoms with van der Waals surface area (Å²) in [6.07, 6.45) is 4.56. The van der Waals surface area contributed by atoms with Gasteiger partial charge in [-0.2, -0.15) is 4.98 Å². The Balaban J connectivity index is 1.34. The van der Waals surface area contributed by atoms with E-state index in [1.54, 1.807) is 0 Å². The van der Waals surface area contributed by atoms with Gasteiger partial charge in [-0.15, -0.1) is 0 Å². The zero-order valence-corrected chi connectivity index (χ0v) is 15.8. The number of hydrogen-bond donors (Lipinski definition) is 1. The summed E-state index contributed by atoms with van der Waals surface area (Å²) in [7, 11) is 0. The molecule has 0 radical (unpaired) electrons. The smallest absolute Gasteiger partial charge is 0.316 e. The van der Waals surface area contributed by atoms with Crippen molar-refractivity contribution in [2.45, 2.75) is 25.7 Å². The number of nitrogens with zero attached hydrogens (tertiary/aromatic N) is 3. The first kappa shape index (κ1) is 18.2. The topological polar surface area (TPSA) is 71.3 Å². The van der Waals surface area contributed by atoms with E-state index in [-0.39, 0.29) is 11.8 Å². The SMILES string of the molecule is O=C(NCCc1ccccc1)c1nc(-c2ccc(N3CCCCC3)cc2)no1. The van der Waals surface area contributed by atoms with Crippen LogP contribution in [0.3, 0.4) is 0 Å². The lowest BCUT2D eigenvalue weighted by Crippen LogP contribution is -2.29. The summed E-state index contributed by atoms with van der Waals surface area (Å²) in [6.45, 7) is 2.73. The standard InChI is InChI=1S/C22H24N4O2/c27-21(23-14-13-17-7-3-1-4-8-17)22-24-20(25-28-22)18-9-11-19(12-10-18)26-15-5-2-6-16-26/h1,3-4,7-12H,2,5-6,13-16H2,(H,23,27). The zero-order valence-electron chi connectivity index (χ0n) is 15.8. The van der Waals surface area contributed by atoms with Crippen LogP contribution >= 0.6 is 0 Å². The Labute approximate surface area is 164 Å². The van der Waals surface area contributed by atoms with Crippen molar-refractivity contribution in [2.75, 3.05) is 24.5 Å². The number of rotatable bonds is 6. The summed E-state index contributed by atoms with van der Waals surface area (Å²) in [5, 5.41) is 6.78. The summed E-state index contributed by atoms with van der Waals surface area (Å²) in [5.41, 5.74) is 3.22. The monoisotopic (exact) mass is 376 g/mol. The summed E-state index contributed by atoms with van der Waals surface area (Å²) >= 11 is 0. The van der Waals surface area contributed by atoms with Gasteiger partial charge >= 0.3 is 11.8 Å². The van der Waals surface area contributed by atoms with Gasteiger partial charge in [0, 0.05) is 30.9 Å². The first-order valence-corrected chi connectivity index (χ1v) is 9.81. The maximum absolute atomic E-state index is 12.2. The number of carbonyl (C=O) groups is 1. The lowest BCUT2D eigenvalue weighted by Gasteiger charge is -2.28. The summed E-state index contributed by atoms with van der Waals surface area (Å²) in [4.78, 5) is 18.9. The van der Waals surface area contributed by atoms with Crippen molar-refractivity contribution >= 4 is 11.6 Å². The molecule has 2 heterocycles. The molecule has 28 heavy (non-hydrogen) atoms. The molecule has 0 saturated carbocycles. The van der Waals surface area contributed by atoms with E-state index in [4.69, 9.17) is 4.52 Å². The second-order valence-corrected chi connectivity index (χ2v) is 7.01. The Kier molecular flexibility index (Phi) is 5.66. The van der Waals surface area contributed by atoms with Crippen LogP contribution in [0.25, 0.3) is 11.4 Å². The second kappa shape index (κ2) is 8.69. The highest BCUT2D eigenvalue weighted by molar-refractivity contribution is 5.89. The number of amides is 1. The number of carbonyl (C=O) groups excluding carboxylic acids is 1. The molecule has 1 fully saturated rings. The normalized spacial score (nSPS) is 14.1. The van der Waals surface area contributed by atoms with Gasteiger partial charge in [-0.05, 0) is 55.5 Å². The van der Waals surface area contributed by atoms with E-state index in [2.05, 4.69) is 32.5 Å². The van der Waals surface area contributed by atoms with Gasteiger partial charge in [0.25, 0.3) is 0 Å². The van der Waals surface area contributed by atoms with Crippen LogP contribution < -0.4 is 10.2 Å². The molecule has 0 unspecified atom stereocenters. The van der Waals surface area contributed by atoms with E-state index < -0.39 is 0 Å². The third-order valence-electron chi connectivity index (χ3n) is 5.01. The highest BCUT2D eigenvalue weighted by Crippen LogP contribution is 2.23. The van der Waals surface area contributed by atoms with Gasteiger partial charge in [0.2, 0.25) is 5.82 Å². The van der Waals surface area contributed by atoms with Crippen molar-refractivity contribution in [2.24, 2.45) is 0 Å². The average molecular weight is 376 g/mol. The summed E-state index contributed by atoms with van der Waals surface area (Å²) in [5.74, 6) is 0.0705. The van der Waals surface area contributed by atoms with Crippen LogP contribution in [0, 0.1) is 0 Å². The highest BCUT2D eigenvalue weighted by Gasteiger charge is 2.16. The van der Waals surface area contributed by atoms with Crippen molar-refractivity contribution in [1.82, 2.24) is 15.5 Å². The Morgan fingerprint density at radius 3 is 2.50 bits per heavy atom. The van der Waals surface area contributed by atoms with Gasteiger partial charge in [0.15, 0.2) is 0 Å². The molecule has 6 nitrogen and oxygen atoms in total. The van der Waals surface area contributed by atoms with E-state index in [0.29, 0.717) is 12.4 Å². The lowest BCUT2D eigenvalue weighted by atomic mass is 10.1. The first-order valence-electron chi connectivity index (χ1n) is 9.81. The Hall–Kier alpha value is -3.15. The molecule has 144 valence electrons. The molecule has 4 rings (SSSR count). The Morgan fingerprint density at radius 1 is 1.00 bits per heavy atom. The zero-order chi connectivity index (χ0) is 19.2. The molecule has 0 aliphatic carbocycles. The number of anilines is 1. The van der Waals surface area contributed by atoms with Crippen molar-refractivity contribution < 1.29 is 9.32 Å². The molecule has 0 bridgehead atoms. The number of benzene rings is 2. The van der Waals surface area contributed by atoms with Gasteiger partial charge in [-0.3, -0.25) is 4.79 Å². The van der Waals surface area contributed by atoms with Crippen LogP contribution in [-0.4, -0.2) is 35.7 Å². The molecule has 1 aliphatic rings. The maximum Gasteiger partial charge on any atom is 0.316 e. The molecule has 6 heteroatoms. The van der Waals surface area contributed by atoms with Crippen LogP contribution in [0.1, 0.15) is 35.5 Å². The maximum atomic E-state index is 12.2. The average Bonchev–Trinajstić information content (AvgIpc) is 3.26. The number of piperidine rings is 1. The minimum atomic E-state index is -0.348. The van der Waals surface area contributed by atoms with Crippen LogP contribution in [0.2, 0.25) is 0 Å². The van der Waals surface area contributed by atoms with Crippen molar-refractivity contribution in [1.29, 1.82) is 0 Å². The van der Waals surface area contributed by atoms with Gasteiger partial charge < -0.3 is 14.7 Å². The van der Waals surface area contributed by atoms with Crippen LogP contribution in [0.15, 0.2) is 59.1 Å². The third-order valence-corrected chi connectivity index (χ3v) is 5.01. The Morgan fingerprint density at radius 2 is 1.75 bits per heavy atom. The van der Waals surface area contributed by atoms with Crippen molar-refractivity contribution in [3.05, 3.63) is 66.1 Å². The number of hydrogen-bond acceptors (Lipinski definition) is 5. The molecule has 1 N–H and O–H groups in total. The van der Waals surface area contributed by atoms with Crippen molar-refractivity contribution in [3.63, 3.8) is 0 Å². The summed E-state index contributed by atoms with van der Waals surface area (Å²) < 4.78 is 5.15. The largest absolute Gasteiger partial charge is 0.372 e. The van der Waals surface area contributed by atoms with E-state index in [1.165, 1.54) is 30.5 Å².